The number of ether oxygens (including phenoxy) is 2. The van der Waals surface area contributed by atoms with E-state index in [-0.39, 0.29) is 50.1 Å². The number of unbranched alkanes of at least 4 members (excludes halogenated alkanes) is 2. The smallest absolute Gasteiger partial charge is 0.466 e. The first-order chi connectivity index (χ1) is 24.0. The first-order valence-electron chi connectivity index (χ1n) is 18.2. The zero-order chi connectivity index (χ0) is 38.2. The van der Waals surface area contributed by atoms with Crippen LogP contribution in [0.5, 0.6) is 11.5 Å². The lowest BCUT2D eigenvalue weighted by atomic mass is 9.91. The van der Waals surface area contributed by atoms with Gasteiger partial charge in [0.05, 0.1) is 32.0 Å². The first-order valence-corrected chi connectivity index (χ1v) is 21.2. The highest BCUT2D eigenvalue weighted by Crippen LogP contribution is 2.52. The normalized spacial score (nSPS) is 12.5. The number of hydrogen-bond donors (Lipinski definition) is 0. The van der Waals surface area contributed by atoms with Crippen LogP contribution in [0.1, 0.15) is 105 Å². The number of phosphoric acid groups is 2. The third-order valence-electron chi connectivity index (χ3n) is 7.21. The molecule has 51 heavy (non-hydrogen) atoms. The van der Waals surface area contributed by atoms with Crippen LogP contribution < -0.4 is 9.47 Å². The lowest BCUT2D eigenvalue weighted by Crippen LogP contribution is -2.12. The number of rotatable bonds is 26. The van der Waals surface area contributed by atoms with Crippen molar-refractivity contribution in [2.24, 2.45) is 23.7 Å². The van der Waals surface area contributed by atoms with Gasteiger partial charge in [-0.3, -0.25) is 18.1 Å². The van der Waals surface area contributed by atoms with Gasteiger partial charge < -0.3 is 9.47 Å². The van der Waals surface area contributed by atoms with Crippen molar-refractivity contribution in [3.63, 3.8) is 0 Å². The van der Waals surface area contributed by atoms with Crippen LogP contribution in [0, 0.1) is 30.6 Å². The van der Waals surface area contributed by atoms with E-state index in [0.29, 0.717) is 17.1 Å². The average Bonchev–Trinajstić information content (AvgIpc) is 3.05. The van der Waals surface area contributed by atoms with Gasteiger partial charge in [-0.25, -0.2) is 18.2 Å². The molecule has 10 nitrogen and oxygen atoms in total. The molecule has 0 aliphatic rings. The molecule has 0 aromatic heterocycles. The minimum atomic E-state index is -3.94. The highest BCUT2D eigenvalue weighted by molar-refractivity contribution is 7.48. The van der Waals surface area contributed by atoms with Gasteiger partial charge in [-0.05, 0) is 79.2 Å². The summed E-state index contributed by atoms with van der Waals surface area (Å²) in [6.45, 7) is 25.9. The minimum Gasteiger partial charge on any atom is -0.466 e. The van der Waals surface area contributed by atoms with Gasteiger partial charge in [-0.15, -0.1) is 0 Å². The Bertz CT molecular complexity index is 1350. The van der Waals surface area contributed by atoms with Crippen molar-refractivity contribution < 1.29 is 45.7 Å². The van der Waals surface area contributed by atoms with Crippen LogP contribution in [0.3, 0.4) is 0 Å². The Morgan fingerprint density at radius 1 is 0.667 bits per heavy atom. The van der Waals surface area contributed by atoms with Crippen molar-refractivity contribution in [1.29, 1.82) is 0 Å². The van der Waals surface area contributed by atoms with Gasteiger partial charge >= 0.3 is 15.6 Å². The minimum absolute atomic E-state index is 0.113. The van der Waals surface area contributed by atoms with Gasteiger partial charge in [0.2, 0.25) is 0 Å². The summed E-state index contributed by atoms with van der Waals surface area (Å²) in [5.74, 6) is 1.32. The summed E-state index contributed by atoms with van der Waals surface area (Å²) < 4.78 is 74.1. The average molecular weight is 755 g/mol. The van der Waals surface area contributed by atoms with Gasteiger partial charge in [0, 0.05) is 0 Å². The van der Waals surface area contributed by atoms with E-state index in [1.165, 1.54) is 0 Å². The quantitative estimate of drug-likeness (QED) is 0.0523. The molecule has 0 spiro atoms. The molecule has 0 fully saturated rings. The zero-order valence-electron chi connectivity index (χ0n) is 33.0. The Kier molecular flexibility index (Phi) is 19.7. The molecule has 0 amide bonds. The van der Waals surface area contributed by atoms with Gasteiger partial charge in [-0.2, -0.15) is 0 Å². The van der Waals surface area contributed by atoms with Crippen molar-refractivity contribution in [2.45, 2.75) is 102 Å². The summed E-state index contributed by atoms with van der Waals surface area (Å²) in [6, 6.07) is 9.95. The van der Waals surface area contributed by atoms with E-state index in [4.69, 9.17) is 36.6 Å². The predicted molar refractivity (Wildman–Crippen MR) is 206 cm³/mol. The molecule has 0 saturated heterocycles. The monoisotopic (exact) mass is 754 g/mol. The summed E-state index contributed by atoms with van der Waals surface area (Å²) in [7, 11) is -7.89. The van der Waals surface area contributed by atoms with E-state index in [1.807, 2.05) is 99.6 Å². The molecule has 2 rings (SSSR count). The van der Waals surface area contributed by atoms with E-state index >= 15 is 0 Å². The molecule has 2 aromatic rings. The lowest BCUT2D eigenvalue weighted by Gasteiger charge is -2.23. The van der Waals surface area contributed by atoms with E-state index in [9.17, 15) is 9.13 Å². The van der Waals surface area contributed by atoms with E-state index < -0.39 is 29.2 Å². The maximum absolute atomic E-state index is 13.6. The van der Waals surface area contributed by atoms with E-state index in [2.05, 4.69) is 13.5 Å². The fourth-order valence-electron chi connectivity index (χ4n) is 4.59. The maximum atomic E-state index is 13.6. The molecular weight excluding hydrogens is 690 g/mol. The third-order valence-corrected chi connectivity index (χ3v) is 9.92. The highest BCUT2D eigenvalue weighted by Gasteiger charge is 2.30. The third kappa shape index (κ3) is 16.7. The molecule has 0 heterocycles. The number of benzene rings is 2. The second-order valence-corrected chi connectivity index (χ2v) is 18.0. The standard InChI is InChI=1S/C39H64O10P2/c1-13-14-15-16-34-20-37(42-26-48-50(40,44-22-28(2)3)45-23-29(4)5)39(36-19-33(12)17-18-35(36)32(10)11)38(21-34)43-27-49-51(41,46-24-30(6)7)47-25-31(8)9/h17-21,28-31H,10,13-16,22-27H2,1-9,11-12H3. The first kappa shape index (κ1) is 45.2. The molecule has 0 unspecified atom stereocenters. The molecule has 0 bridgehead atoms. The number of phosphoric ester groups is 2. The molecule has 0 aliphatic carbocycles. The predicted octanol–water partition coefficient (Wildman–Crippen LogP) is 12.0. The highest BCUT2D eigenvalue weighted by atomic mass is 31.2. The van der Waals surface area contributed by atoms with Crippen molar-refractivity contribution >= 4 is 21.2 Å². The molecule has 12 heteroatoms. The summed E-state index contributed by atoms with van der Waals surface area (Å²) >= 11 is 0. The molecule has 2 aromatic carbocycles. The number of hydrogen-bond acceptors (Lipinski definition) is 10. The Hall–Kier alpha value is -2.00. The largest absolute Gasteiger partial charge is 0.477 e. The van der Waals surface area contributed by atoms with Gasteiger partial charge in [0.25, 0.3) is 0 Å². The Morgan fingerprint density at radius 3 is 1.47 bits per heavy atom. The Morgan fingerprint density at radius 2 is 1.10 bits per heavy atom. The zero-order valence-corrected chi connectivity index (χ0v) is 34.7. The molecule has 0 radical (unpaired) electrons. The molecule has 0 atom stereocenters. The van der Waals surface area contributed by atoms with E-state index in [0.717, 1.165) is 53.5 Å². The van der Waals surface area contributed by atoms with Crippen molar-refractivity contribution in [3.8, 4) is 22.6 Å². The summed E-state index contributed by atoms with van der Waals surface area (Å²) in [4.78, 5) is 0. The lowest BCUT2D eigenvalue weighted by molar-refractivity contribution is 0.0403. The second kappa shape index (κ2) is 22.3. The second-order valence-electron chi connectivity index (χ2n) is 14.7. The summed E-state index contributed by atoms with van der Waals surface area (Å²) in [6.07, 6.45) is 3.81. The molecule has 0 N–H and O–H groups in total. The van der Waals surface area contributed by atoms with Crippen LogP contribution in [0.15, 0.2) is 36.9 Å². The molecular formula is C39H64O10P2. The van der Waals surface area contributed by atoms with Crippen LogP contribution in [-0.4, -0.2) is 40.0 Å². The Balaban J connectivity index is 2.63. The van der Waals surface area contributed by atoms with Crippen molar-refractivity contribution in [3.05, 3.63) is 53.6 Å². The summed E-state index contributed by atoms with van der Waals surface area (Å²) in [5.41, 5.74) is 5.08. The fourth-order valence-corrected chi connectivity index (χ4v) is 7.33. The van der Waals surface area contributed by atoms with Crippen molar-refractivity contribution in [2.75, 3.05) is 40.0 Å². The van der Waals surface area contributed by atoms with Gasteiger partial charge in [-0.1, -0.05) is 111 Å². The number of allylic oxidation sites excluding steroid dienone is 1. The summed E-state index contributed by atoms with van der Waals surface area (Å²) in [5, 5.41) is 0. The van der Waals surface area contributed by atoms with Gasteiger partial charge in [0.15, 0.2) is 13.6 Å². The molecule has 0 aliphatic heterocycles. The number of aryl methyl sites for hydroxylation is 2. The van der Waals surface area contributed by atoms with Crippen LogP contribution in [-0.2, 0) is 42.7 Å². The van der Waals surface area contributed by atoms with E-state index in [1.54, 1.807) is 0 Å². The van der Waals surface area contributed by atoms with Crippen LogP contribution in [0.25, 0.3) is 16.7 Å². The van der Waals surface area contributed by atoms with Crippen LogP contribution >= 0.6 is 15.6 Å². The van der Waals surface area contributed by atoms with Crippen molar-refractivity contribution in [1.82, 2.24) is 0 Å². The van der Waals surface area contributed by atoms with Crippen LogP contribution in [0.2, 0.25) is 0 Å². The Labute approximate surface area is 308 Å². The van der Waals surface area contributed by atoms with Crippen LogP contribution in [0.4, 0.5) is 0 Å². The topological polar surface area (TPSA) is 108 Å². The maximum Gasteiger partial charge on any atom is 0.477 e. The fraction of sp³-hybridized carbons (Fsp3) is 0.641. The molecule has 0 saturated carbocycles. The molecule has 290 valence electrons. The SMILES string of the molecule is C=C(C)c1ccc(C)cc1-c1c(OCOP(=O)(OCC(C)C)OCC(C)C)cc(CCCCC)cc1OCOP(=O)(OCC(C)C)OCC(C)C. The van der Waals surface area contributed by atoms with Gasteiger partial charge in [0.1, 0.15) is 11.5 Å².